The summed E-state index contributed by atoms with van der Waals surface area (Å²) in [6.45, 7) is -0.120. The number of carbonyl (C=O) groups excluding carboxylic acids is 2. The Bertz CT molecular complexity index is 844. The van der Waals surface area contributed by atoms with Gasteiger partial charge in [-0.2, -0.15) is 0 Å². The number of rotatable bonds is 4. The van der Waals surface area contributed by atoms with Crippen LogP contribution in [0.25, 0.3) is 20.9 Å². The normalized spacial score (nSPS) is 10.5. The molecule has 8 heteroatoms. The van der Waals surface area contributed by atoms with E-state index in [9.17, 15) is 9.59 Å². The number of hydrogen-bond donors (Lipinski definition) is 2. The topological polar surface area (TPSA) is 96.9 Å². The molecule has 0 unspecified atom stereocenters. The molecule has 116 valence electrons. The molecule has 0 aliphatic carbocycles. The van der Waals surface area contributed by atoms with Crippen molar-refractivity contribution in [1.82, 2.24) is 25.6 Å². The second-order valence-corrected chi connectivity index (χ2v) is 5.63. The molecule has 2 N–H and O–H groups in total. The second kappa shape index (κ2) is 6.49. The fourth-order valence-corrected chi connectivity index (χ4v) is 2.93. The summed E-state index contributed by atoms with van der Waals surface area (Å²) in [5.74, 6) is -0.750. The second-order valence-electron chi connectivity index (χ2n) is 4.60. The van der Waals surface area contributed by atoms with Crippen LogP contribution in [0.3, 0.4) is 0 Å². The first-order chi connectivity index (χ1) is 11.2. The van der Waals surface area contributed by atoms with Gasteiger partial charge in [0.05, 0.1) is 16.8 Å². The molecule has 0 aliphatic heterocycles. The molecular weight excluding hydrogens is 314 g/mol. The van der Waals surface area contributed by atoms with Crippen LogP contribution < -0.4 is 10.6 Å². The minimum absolute atomic E-state index is 0.120. The van der Waals surface area contributed by atoms with Crippen molar-refractivity contribution in [1.29, 1.82) is 0 Å². The number of nitrogens with one attached hydrogen (secondary N) is 2. The number of amides is 2. The van der Waals surface area contributed by atoms with Crippen LogP contribution in [-0.2, 0) is 4.79 Å². The van der Waals surface area contributed by atoms with Crippen LogP contribution in [0.1, 0.15) is 10.5 Å². The van der Waals surface area contributed by atoms with Crippen LogP contribution in [0.4, 0.5) is 0 Å². The van der Waals surface area contributed by atoms with E-state index in [1.165, 1.54) is 30.8 Å². The Kier molecular flexibility index (Phi) is 4.24. The lowest BCUT2D eigenvalue weighted by Crippen LogP contribution is -2.35. The fourth-order valence-electron chi connectivity index (χ4n) is 1.97. The number of hydrogen-bond acceptors (Lipinski definition) is 6. The molecule has 0 spiro atoms. The van der Waals surface area contributed by atoms with Crippen LogP contribution >= 0.6 is 11.3 Å². The zero-order chi connectivity index (χ0) is 16.2. The Morgan fingerprint density at radius 2 is 1.96 bits per heavy atom. The highest BCUT2D eigenvalue weighted by molar-refractivity contribution is 7.21. The average molecular weight is 327 g/mol. The Labute approximate surface area is 135 Å². The minimum atomic E-state index is -0.462. The Morgan fingerprint density at radius 1 is 1.17 bits per heavy atom. The van der Waals surface area contributed by atoms with Gasteiger partial charge in [0.2, 0.25) is 5.91 Å². The summed E-state index contributed by atoms with van der Waals surface area (Å²) in [6.07, 6.45) is 2.95. The number of para-hydroxylation sites is 1. The van der Waals surface area contributed by atoms with Gasteiger partial charge in [0.1, 0.15) is 10.7 Å². The number of thiazole rings is 1. The number of benzene rings is 1. The van der Waals surface area contributed by atoms with Gasteiger partial charge in [0.25, 0.3) is 5.91 Å². The van der Waals surface area contributed by atoms with Gasteiger partial charge < -0.3 is 10.6 Å². The maximum atomic E-state index is 12.3. The van der Waals surface area contributed by atoms with Crippen molar-refractivity contribution in [3.05, 3.63) is 42.4 Å². The van der Waals surface area contributed by atoms with E-state index in [-0.39, 0.29) is 18.1 Å². The smallest absolute Gasteiger partial charge is 0.272 e. The van der Waals surface area contributed by atoms with Gasteiger partial charge in [-0.1, -0.05) is 12.1 Å². The zero-order valence-corrected chi connectivity index (χ0v) is 13.1. The van der Waals surface area contributed by atoms with Crippen LogP contribution in [-0.4, -0.2) is 40.4 Å². The Hall–Kier alpha value is -2.87. The molecule has 0 aliphatic rings. The van der Waals surface area contributed by atoms with Crippen molar-refractivity contribution in [2.24, 2.45) is 0 Å². The quantitative estimate of drug-likeness (QED) is 0.751. The van der Waals surface area contributed by atoms with Crippen LogP contribution in [0.5, 0.6) is 0 Å². The highest BCUT2D eigenvalue weighted by Gasteiger charge is 2.19. The molecule has 0 bridgehead atoms. The molecule has 7 nitrogen and oxygen atoms in total. The molecule has 23 heavy (non-hydrogen) atoms. The number of carbonyl (C=O) groups is 2. The van der Waals surface area contributed by atoms with E-state index in [0.717, 1.165) is 10.2 Å². The highest BCUT2D eigenvalue weighted by atomic mass is 32.1. The molecule has 2 heterocycles. The van der Waals surface area contributed by atoms with Crippen molar-refractivity contribution in [3.8, 4) is 10.7 Å². The molecule has 2 amide bonds. The van der Waals surface area contributed by atoms with Gasteiger partial charge in [-0.25, -0.2) is 15.0 Å². The van der Waals surface area contributed by atoms with Gasteiger partial charge in [-0.3, -0.25) is 9.59 Å². The van der Waals surface area contributed by atoms with E-state index in [2.05, 4.69) is 25.6 Å². The Morgan fingerprint density at radius 3 is 2.74 bits per heavy atom. The molecule has 3 aromatic rings. The van der Waals surface area contributed by atoms with Crippen molar-refractivity contribution >= 4 is 33.4 Å². The lowest BCUT2D eigenvalue weighted by Gasteiger charge is -2.06. The van der Waals surface area contributed by atoms with Crippen LogP contribution in [0, 0.1) is 0 Å². The SMILES string of the molecule is CNC(=O)CNC(=O)c1nccnc1-c1nc2ccccc2s1. The predicted octanol–water partition coefficient (Wildman–Crippen LogP) is 1.23. The maximum Gasteiger partial charge on any atom is 0.272 e. The number of likely N-dealkylation sites (N-methyl/N-ethyl adjacent to an activating group) is 1. The summed E-state index contributed by atoms with van der Waals surface area (Å²) in [6, 6.07) is 7.69. The van der Waals surface area contributed by atoms with Gasteiger partial charge >= 0.3 is 0 Å². The minimum Gasteiger partial charge on any atom is -0.358 e. The molecule has 2 aromatic heterocycles. The van der Waals surface area contributed by atoms with Crippen molar-refractivity contribution < 1.29 is 9.59 Å². The summed E-state index contributed by atoms with van der Waals surface area (Å²) >= 11 is 1.44. The first kappa shape index (κ1) is 15.0. The molecular formula is C15H13N5O2S. The molecule has 0 fully saturated rings. The molecule has 0 saturated heterocycles. The van der Waals surface area contributed by atoms with E-state index in [0.29, 0.717) is 10.7 Å². The zero-order valence-electron chi connectivity index (χ0n) is 12.2. The summed E-state index contributed by atoms with van der Waals surface area (Å²) in [7, 11) is 1.50. The van der Waals surface area contributed by atoms with Gasteiger partial charge in [0, 0.05) is 19.4 Å². The van der Waals surface area contributed by atoms with Crippen LogP contribution in [0.15, 0.2) is 36.7 Å². The third kappa shape index (κ3) is 3.16. The van der Waals surface area contributed by atoms with Crippen molar-refractivity contribution in [2.45, 2.75) is 0 Å². The third-order valence-electron chi connectivity index (χ3n) is 3.10. The monoisotopic (exact) mass is 327 g/mol. The number of fused-ring (bicyclic) bond motifs is 1. The van der Waals surface area contributed by atoms with E-state index in [1.54, 1.807) is 0 Å². The molecule has 0 saturated carbocycles. The lowest BCUT2D eigenvalue weighted by molar-refractivity contribution is -0.119. The van der Waals surface area contributed by atoms with Gasteiger partial charge in [0.15, 0.2) is 5.69 Å². The molecule has 0 radical (unpaired) electrons. The van der Waals surface area contributed by atoms with Crippen LogP contribution in [0.2, 0.25) is 0 Å². The largest absolute Gasteiger partial charge is 0.358 e. The van der Waals surface area contributed by atoms with E-state index >= 15 is 0 Å². The first-order valence-electron chi connectivity index (χ1n) is 6.85. The molecule has 0 atom stereocenters. The summed E-state index contributed by atoms with van der Waals surface area (Å²) in [5, 5.41) is 5.57. The van der Waals surface area contributed by atoms with E-state index < -0.39 is 5.91 Å². The van der Waals surface area contributed by atoms with Crippen molar-refractivity contribution in [3.63, 3.8) is 0 Å². The number of nitrogens with zero attached hydrogens (tertiary/aromatic N) is 3. The van der Waals surface area contributed by atoms with E-state index in [1.807, 2.05) is 24.3 Å². The standard InChI is InChI=1S/C15H13N5O2S/c1-16-11(21)8-19-14(22)12-13(18-7-6-17-12)15-20-9-4-2-3-5-10(9)23-15/h2-7H,8H2,1H3,(H,16,21)(H,19,22). The highest BCUT2D eigenvalue weighted by Crippen LogP contribution is 2.29. The summed E-state index contributed by atoms with van der Waals surface area (Å²) in [4.78, 5) is 36.3. The average Bonchev–Trinajstić information content (AvgIpc) is 3.03. The summed E-state index contributed by atoms with van der Waals surface area (Å²) in [5.41, 5.74) is 1.40. The van der Waals surface area contributed by atoms with Gasteiger partial charge in [-0.15, -0.1) is 11.3 Å². The molecule has 1 aromatic carbocycles. The predicted molar refractivity (Wildman–Crippen MR) is 87.0 cm³/mol. The number of aromatic nitrogens is 3. The lowest BCUT2D eigenvalue weighted by atomic mass is 10.3. The first-order valence-corrected chi connectivity index (χ1v) is 7.66. The third-order valence-corrected chi connectivity index (χ3v) is 4.14. The molecule has 3 rings (SSSR count). The summed E-state index contributed by atoms with van der Waals surface area (Å²) < 4.78 is 1.00. The van der Waals surface area contributed by atoms with E-state index in [4.69, 9.17) is 0 Å². The van der Waals surface area contributed by atoms with Gasteiger partial charge in [-0.05, 0) is 12.1 Å². The maximum absolute atomic E-state index is 12.3. The van der Waals surface area contributed by atoms with Crippen molar-refractivity contribution in [2.75, 3.05) is 13.6 Å². The fraction of sp³-hybridized carbons (Fsp3) is 0.133. The Balaban J connectivity index is 1.94.